The number of likely N-dealkylation sites (N-methyl/N-ethyl adjacent to an activating group) is 1. The normalized spacial score (nSPS) is 24.8. The molecule has 112 valence electrons. The molecule has 1 unspecified atom stereocenters. The van der Waals surface area contributed by atoms with E-state index in [9.17, 15) is 0 Å². The fraction of sp³-hybridized carbons (Fsp3) is 0.667. The van der Waals surface area contributed by atoms with Crippen LogP contribution >= 0.6 is 0 Å². The summed E-state index contributed by atoms with van der Waals surface area (Å²) < 4.78 is 0. The topological polar surface area (TPSA) is 29.3 Å². The maximum Gasteiger partial charge on any atom is 0.0136 e. The highest BCUT2D eigenvalue weighted by Crippen LogP contribution is 2.25. The molecule has 2 rings (SSSR count). The van der Waals surface area contributed by atoms with Crippen molar-refractivity contribution < 1.29 is 0 Å². The van der Waals surface area contributed by atoms with Crippen LogP contribution in [-0.4, -0.2) is 29.6 Å². The molecular formula is C18H30N2. The van der Waals surface area contributed by atoms with Gasteiger partial charge in [0.15, 0.2) is 0 Å². The maximum atomic E-state index is 6.05. The molecule has 20 heavy (non-hydrogen) atoms. The Labute approximate surface area is 124 Å². The highest BCUT2D eigenvalue weighted by atomic mass is 15.2. The smallest absolute Gasteiger partial charge is 0.0136 e. The van der Waals surface area contributed by atoms with Crippen LogP contribution in [0.5, 0.6) is 0 Å². The fourth-order valence-corrected chi connectivity index (χ4v) is 3.63. The van der Waals surface area contributed by atoms with E-state index >= 15 is 0 Å². The third-order valence-corrected chi connectivity index (χ3v) is 4.83. The van der Waals surface area contributed by atoms with Crippen molar-refractivity contribution in [2.45, 2.75) is 70.5 Å². The van der Waals surface area contributed by atoms with Crippen molar-refractivity contribution in [1.29, 1.82) is 0 Å². The van der Waals surface area contributed by atoms with Gasteiger partial charge in [-0.1, -0.05) is 44.2 Å². The molecule has 1 fully saturated rings. The van der Waals surface area contributed by atoms with Gasteiger partial charge < -0.3 is 5.73 Å². The fourth-order valence-electron chi connectivity index (χ4n) is 3.63. The summed E-state index contributed by atoms with van der Waals surface area (Å²) in [6.07, 6.45) is 7.35. The molecule has 1 aliphatic carbocycles. The standard InChI is InChI=1S/C18H30N2/c1-3-17(14-15-8-6-5-7-9-15)20(4-2)18-12-10-16(19)11-13-18/h5-9,16-18H,3-4,10-14,19H2,1-2H3. The van der Waals surface area contributed by atoms with Gasteiger partial charge in [-0.05, 0) is 50.6 Å². The lowest BCUT2D eigenvalue weighted by Crippen LogP contribution is -2.47. The van der Waals surface area contributed by atoms with Gasteiger partial charge in [0.25, 0.3) is 0 Å². The highest BCUT2D eigenvalue weighted by Gasteiger charge is 2.27. The minimum atomic E-state index is 0.444. The molecule has 0 heterocycles. The summed E-state index contributed by atoms with van der Waals surface area (Å²) >= 11 is 0. The first-order valence-corrected chi connectivity index (χ1v) is 8.29. The Morgan fingerprint density at radius 1 is 1.10 bits per heavy atom. The Morgan fingerprint density at radius 3 is 2.30 bits per heavy atom. The first kappa shape index (κ1) is 15.5. The molecule has 1 saturated carbocycles. The minimum Gasteiger partial charge on any atom is -0.328 e. The second-order valence-corrected chi connectivity index (χ2v) is 6.15. The molecule has 0 aromatic heterocycles. The number of nitrogens with zero attached hydrogens (tertiary/aromatic N) is 1. The lowest BCUT2D eigenvalue weighted by atomic mass is 9.89. The van der Waals surface area contributed by atoms with E-state index < -0.39 is 0 Å². The van der Waals surface area contributed by atoms with E-state index in [0.29, 0.717) is 12.1 Å². The zero-order valence-corrected chi connectivity index (χ0v) is 13.1. The van der Waals surface area contributed by atoms with Crippen molar-refractivity contribution in [2.75, 3.05) is 6.54 Å². The largest absolute Gasteiger partial charge is 0.328 e. The Morgan fingerprint density at radius 2 is 1.75 bits per heavy atom. The molecule has 1 aromatic rings. The number of benzene rings is 1. The van der Waals surface area contributed by atoms with Crippen molar-refractivity contribution >= 4 is 0 Å². The lowest BCUT2D eigenvalue weighted by Gasteiger charge is -2.40. The van der Waals surface area contributed by atoms with Crippen LogP contribution in [0.4, 0.5) is 0 Å². The lowest BCUT2D eigenvalue weighted by molar-refractivity contribution is 0.103. The Balaban J connectivity index is 2.00. The molecule has 1 aromatic carbocycles. The van der Waals surface area contributed by atoms with Gasteiger partial charge in [-0.3, -0.25) is 4.90 Å². The zero-order valence-electron chi connectivity index (χ0n) is 13.1. The summed E-state index contributed by atoms with van der Waals surface area (Å²) in [4.78, 5) is 2.74. The summed E-state index contributed by atoms with van der Waals surface area (Å²) in [5, 5.41) is 0. The molecule has 0 radical (unpaired) electrons. The van der Waals surface area contributed by atoms with Gasteiger partial charge in [-0.2, -0.15) is 0 Å². The van der Waals surface area contributed by atoms with Gasteiger partial charge in [0.05, 0.1) is 0 Å². The van der Waals surface area contributed by atoms with Crippen molar-refractivity contribution in [2.24, 2.45) is 5.73 Å². The van der Waals surface area contributed by atoms with Crippen LogP contribution in [0, 0.1) is 0 Å². The molecular weight excluding hydrogens is 244 g/mol. The number of hydrogen-bond donors (Lipinski definition) is 1. The molecule has 0 aliphatic heterocycles. The Bertz CT molecular complexity index is 368. The van der Waals surface area contributed by atoms with Crippen LogP contribution in [0.25, 0.3) is 0 Å². The Hall–Kier alpha value is -0.860. The molecule has 0 spiro atoms. The number of nitrogens with two attached hydrogens (primary N) is 1. The van der Waals surface area contributed by atoms with E-state index in [-0.39, 0.29) is 0 Å². The van der Waals surface area contributed by atoms with Crippen molar-refractivity contribution in [3.05, 3.63) is 35.9 Å². The second-order valence-electron chi connectivity index (χ2n) is 6.15. The van der Waals surface area contributed by atoms with Crippen LogP contribution in [-0.2, 0) is 6.42 Å². The van der Waals surface area contributed by atoms with E-state index in [0.717, 1.165) is 12.6 Å². The van der Waals surface area contributed by atoms with Crippen molar-refractivity contribution in [3.8, 4) is 0 Å². The summed E-state index contributed by atoms with van der Waals surface area (Å²) in [5.41, 5.74) is 7.52. The predicted molar refractivity (Wildman–Crippen MR) is 86.8 cm³/mol. The van der Waals surface area contributed by atoms with Gasteiger partial charge in [-0.15, -0.1) is 0 Å². The SMILES string of the molecule is CCC(Cc1ccccc1)N(CC)C1CCC(N)CC1. The van der Waals surface area contributed by atoms with E-state index in [1.165, 1.54) is 44.1 Å². The van der Waals surface area contributed by atoms with Crippen molar-refractivity contribution in [1.82, 2.24) is 4.90 Å². The average Bonchev–Trinajstić information content (AvgIpc) is 2.49. The van der Waals surface area contributed by atoms with Crippen LogP contribution in [0.2, 0.25) is 0 Å². The van der Waals surface area contributed by atoms with Gasteiger partial charge in [0, 0.05) is 18.1 Å². The van der Waals surface area contributed by atoms with E-state index in [2.05, 4.69) is 49.1 Å². The second kappa shape index (κ2) is 7.80. The number of hydrogen-bond acceptors (Lipinski definition) is 2. The van der Waals surface area contributed by atoms with Crippen molar-refractivity contribution in [3.63, 3.8) is 0 Å². The first-order valence-electron chi connectivity index (χ1n) is 8.29. The average molecular weight is 274 g/mol. The van der Waals surface area contributed by atoms with Gasteiger partial charge in [-0.25, -0.2) is 0 Å². The Kier molecular flexibility index (Phi) is 6.06. The predicted octanol–water partition coefficient (Wildman–Crippen LogP) is 3.60. The third-order valence-electron chi connectivity index (χ3n) is 4.83. The van der Waals surface area contributed by atoms with Crippen LogP contribution in [0.1, 0.15) is 51.5 Å². The van der Waals surface area contributed by atoms with Crippen LogP contribution in [0.3, 0.4) is 0 Å². The summed E-state index contributed by atoms with van der Waals surface area (Å²) in [6.45, 7) is 5.79. The van der Waals surface area contributed by atoms with E-state index in [1.807, 2.05) is 0 Å². The first-order chi connectivity index (χ1) is 9.74. The highest BCUT2D eigenvalue weighted by molar-refractivity contribution is 5.16. The molecule has 1 aliphatic rings. The van der Waals surface area contributed by atoms with E-state index in [1.54, 1.807) is 0 Å². The number of rotatable bonds is 6. The van der Waals surface area contributed by atoms with Gasteiger partial charge in [0.2, 0.25) is 0 Å². The molecule has 2 heteroatoms. The summed E-state index contributed by atoms with van der Waals surface area (Å²) in [6, 6.07) is 12.8. The van der Waals surface area contributed by atoms with Crippen LogP contribution < -0.4 is 5.73 Å². The quantitative estimate of drug-likeness (QED) is 0.859. The maximum absolute atomic E-state index is 6.05. The molecule has 2 nitrogen and oxygen atoms in total. The molecule has 0 amide bonds. The van der Waals surface area contributed by atoms with Crippen LogP contribution in [0.15, 0.2) is 30.3 Å². The summed E-state index contributed by atoms with van der Waals surface area (Å²) in [5.74, 6) is 0. The summed E-state index contributed by atoms with van der Waals surface area (Å²) in [7, 11) is 0. The molecule has 0 bridgehead atoms. The minimum absolute atomic E-state index is 0.444. The molecule has 0 saturated heterocycles. The zero-order chi connectivity index (χ0) is 14.4. The van der Waals surface area contributed by atoms with Gasteiger partial charge in [0.1, 0.15) is 0 Å². The monoisotopic (exact) mass is 274 g/mol. The van der Waals surface area contributed by atoms with Gasteiger partial charge >= 0.3 is 0 Å². The van der Waals surface area contributed by atoms with E-state index in [4.69, 9.17) is 5.73 Å². The molecule has 2 N–H and O–H groups in total. The third kappa shape index (κ3) is 4.07. The molecule has 1 atom stereocenters.